The molecule has 0 unspecified atom stereocenters. The maximum atomic E-state index is 11.8. The van der Waals surface area contributed by atoms with Gasteiger partial charge in [0.25, 0.3) is 5.91 Å². The van der Waals surface area contributed by atoms with Crippen molar-refractivity contribution in [2.75, 3.05) is 19.8 Å². The molecule has 0 saturated heterocycles. The molecule has 1 amide bonds. The van der Waals surface area contributed by atoms with Crippen LogP contribution >= 0.6 is 0 Å². The van der Waals surface area contributed by atoms with Crippen molar-refractivity contribution in [1.29, 1.82) is 0 Å². The second-order valence-electron chi connectivity index (χ2n) is 5.02. The molecule has 2 rings (SSSR count). The lowest BCUT2D eigenvalue weighted by molar-refractivity contribution is -0.123. The fourth-order valence-corrected chi connectivity index (χ4v) is 2.38. The summed E-state index contributed by atoms with van der Waals surface area (Å²) in [6.07, 6.45) is 7.21. The molecule has 1 heterocycles. The van der Waals surface area contributed by atoms with Crippen molar-refractivity contribution in [2.45, 2.75) is 44.1 Å². The highest BCUT2D eigenvalue weighted by molar-refractivity contribution is 5.91. The molecule has 0 aromatic heterocycles. The summed E-state index contributed by atoms with van der Waals surface area (Å²) in [4.78, 5) is 11.8. The SMILES string of the molecule is O=C(NCC1(O)CCCCCC1)C1=COCCO1. The summed E-state index contributed by atoms with van der Waals surface area (Å²) in [5, 5.41) is 13.1. The Morgan fingerprint density at radius 2 is 2.00 bits per heavy atom. The Hall–Kier alpha value is -1.23. The van der Waals surface area contributed by atoms with Gasteiger partial charge in [-0.2, -0.15) is 0 Å². The van der Waals surface area contributed by atoms with Gasteiger partial charge in [0.2, 0.25) is 5.76 Å². The van der Waals surface area contributed by atoms with Crippen LogP contribution in [0.15, 0.2) is 12.0 Å². The Morgan fingerprint density at radius 3 is 2.61 bits per heavy atom. The molecular weight excluding hydrogens is 234 g/mol. The minimum absolute atomic E-state index is 0.193. The third kappa shape index (κ3) is 3.63. The minimum atomic E-state index is -0.762. The first kappa shape index (κ1) is 13.2. The molecule has 2 N–H and O–H groups in total. The number of ether oxygens (including phenoxy) is 2. The normalized spacial score (nSPS) is 23.1. The summed E-state index contributed by atoms with van der Waals surface area (Å²) in [7, 11) is 0. The third-order valence-electron chi connectivity index (χ3n) is 3.49. The van der Waals surface area contributed by atoms with Gasteiger partial charge in [-0.3, -0.25) is 4.79 Å². The highest BCUT2D eigenvalue weighted by atomic mass is 16.6. The Bertz CT molecular complexity index is 319. The van der Waals surface area contributed by atoms with Crippen LogP contribution in [-0.2, 0) is 14.3 Å². The Labute approximate surface area is 107 Å². The number of carbonyl (C=O) groups is 1. The molecule has 1 fully saturated rings. The second kappa shape index (κ2) is 6.09. The van der Waals surface area contributed by atoms with E-state index in [9.17, 15) is 9.90 Å². The monoisotopic (exact) mass is 255 g/mol. The van der Waals surface area contributed by atoms with Crippen LogP contribution in [0.2, 0.25) is 0 Å². The lowest BCUT2D eigenvalue weighted by Crippen LogP contribution is -2.43. The van der Waals surface area contributed by atoms with Crippen molar-refractivity contribution >= 4 is 5.91 Å². The van der Waals surface area contributed by atoms with Crippen molar-refractivity contribution in [2.24, 2.45) is 0 Å². The molecule has 0 spiro atoms. The fraction of sp³-hybridized carbons (Fsp3) is 0.769. The van der Waals surface area contributed by atoms with Gasteiger partial charge in [-0.15, -0.1) is 0 Å². The smallest absolute Gasteiger partial charge is 0.289 e. The molecule has 2 aliphatic rings. The first-order chi connectivity index (χ1) is 8.70. The van der Waals surface area contributed by atoms with Gasteiger partial charge >= 0.3 is 0 Å². The summed E-state index contributed by atoms with van der Waals surface area (Å²) in [5.41, 5.74) is -0.762. The van der Waals surface area contributed by atoms with E-state index in [-0.39, 0.29) is 18.2 Å². The van der Waals surface area contributed by atoms with E-state index in [0.717, 1.165) is 25.7 Å². The van der Waals surface area contributed by atoms with Gasteiger partial charge in [0.05, 0.1) is 5.60 Å². The quantitative estimate of drug-likeness (QED) is 0.740. The molecule has 5 heteroatoms. The zero-order chi connectivity index (χ0) is 12.8. The van der Waals surface area contributed by atoms with Crippen LogP contribution in [0.1, 0.15) is 38.5 Å². The first-order valence-corrected chi connectivity index (χ1v) is 6.65. The minimum Gasteiger partial charge on any atom is -0.494 e. The van der Waals surface area contributed by atoms with E-state index in [1.165, 1.54) is 19.1 Å². The van der Waals surface area contributed by atoms with Crippen LogP contribution in [-0.4, -0.2) is 36.4 Å². The van der Waals surface area contributed by atoms with E-state index in [4.69, 9.17) is 9.47 Å². The molecule has 1 aliphatic carbocycles. The van der Waals surface area contributed by atoms with E-state index in [0.29, 0.717) is 13.2 Å². The highest BCUT2D eigenvalue weighted by Gasteiger charge is 2.29. The molecule has 1 aliphatic heterocycles. The molecule has 5 nitrogen and oxygen atoms in total. The Balaban J connectivity index is 1.82. The van der Waals surface area contributed by atoms with Gasteiger partial charge in [0, 0.05) is 6.54 Å². The van der Waals surface area contributed by atoms with Crippen molar-refractivity contribution in [3.63, 3.8) is 0 Å². The fourth-order valence-electron chi connectivity index (χ4n) is 2.38. The molecule has 18 heavy (non-hydrogen) atoms. The summed E-state index contributed by atoms with van der Waals surface area (Å²) in [5.74, 6) is -0.120. The zero-order valence-electron chi connectivity index (χ0n) is 10.6. The molecule has 0 bridgehead atoms. The van der Waals surface area contributed by atoms with Crippen molar-refractivity contribution < 1.29 is 19.4 Å². The van der Waals surface area contributed by atoms with E-state index in [1.807, 2.05) is 0 Å². The largest absolute Gasteiger partial charge is 0.494 e. The number of nitrogens with one attached hydrogen (secondary N) is 1. The highest BCUT2D eigenvalue weighted by Crippen LogP contribution is 2.26. The molecule has 0 aromatic carbocycles. The Morgan fingerprint density at radius 1 is 1.28 bits per heavy atom. The summed E-state index contributed by atoms with van der Waals surface area (Å²) in [6.45, 7) is 1.15. The van der Waals surface area contributed by atoms with Gasteiger partial charge in [0.1, 0.15) is 19.5 Å². The number of hydrogen-bond acceptors (Lipinski definition) is 4. The lowest BCUT2D eigenvalue weighted by atomic mass is 9.94. The van der Waals surface area contributed by atoms with Crippen LogP contribution in [0.5, 0.6) is 0 Å². The van der Waals surface area contributed by atoms with Gasteiger partial charge in [0.15, 0.2) is 0 Å². The number of rotatable bonds is 3. The van der Waals surface area contributed by atoms with Crippen LogP contribution < -0.4 is 5.32 Å². The average Bonchev–Trinajstić information content (AvgIpc) is 2.62. The second-order valence-corrected chi connectivity index (χ2v) is 5.02. The average molecular weight is 255 g/mol. The van der Waals surface area contributed by atoms with Crippen LogP contribution in [0.4, 0.5) is 0 Å². The number of aliphatic hydroxyl groups is 1. The predicted molar refractivity (Wildman–Crippen MR) is 65.6 cm³/mol. The lowest BCUT2D eigenvalue weighted by Gasteiger charge is -2.27. The summed E-state index contributed by atoms with van der Waals surface area (Å²) < 4.78 is 10.2. The van der Waals surface area contributed by atoms with Crippen molar-refractivity contribution in [3.8, 4) is 0 Å². The topological polar surface area (TPSA) is 67.8 Å². The van der Waals surface area contributed by atoms with Crippen LogP contribution in [0.25, 0.3) is 0 Å². The Kier molecular flexibility index (Phi) is 4.47. The van der Waals surface area contributed by atoms with E-state index in [1.54, 1.807) is 0 Å². The third-order valence-corrected chi connectivity index (χ3v) is 3.49. The maximum Gasteiger partial charge on any atom is 0.289 e. The van der Waals surface area contributed by atoms with Crippen molar-refractivity contribution in [1.82, 2.24) is 5.32 Å². The van der Waals surface area contributed by atoms with E-state index >= 15 is 0 Å². The van der Waals surface area contributed by atoms with Crippen molar-refractivity contribution in [3.05, 3.63) is 12.0 Å². The first-order valence-electron chi connectivity index (χ1n) is 6.65. The molecule has 0 radical (unpaired) electrons. The number of hydrogen-bond donors (Lipinski definition) is 2. The number of carbonyl (C=O) groups excluding carboxylic acids is 1. The maximum absolute atomic E-state index is 11.8. The summed E-state index contributed by atoms with van der Waals surface area (Å²) in [6, 6.07) is 0. The van der Waals surface area contributed by atoms with Gasteiger partial charge in [-0.25, -0.2) is 0 Å². The van der Waals surface area contributed by atoms with E-state index in [2.05, 4.69) is 5.32 Å². The number of amides is 1. The molecule has 0 aromatic rings. The zero-order valence-corrected chi connectivity index (χ0v) is 10.6. The predicted octanol–water partition coefficient (Wildman–Crippen LogP) is 1.08. The molecule has 1 saturated carbocycles. The molecule has 0 atom stereocenters. The van der Waals surface area contributed by atoms with E-state index < -0.39 is 5.60 Å². The van der Waals surface area contributed by atoms with Crippen LogP contribution in [0, 0.1) is 0 Å². The standard InChI is InChI=1S/C13H21NO4/c15-12(11-9-17-7-8-18-11)14-10-13(16)5-3-1-2-4-6-13/h9,16H,1-8,10H2,(H,14,15). The van der Waals surface area contributed by atoms with Gasteiger partial charge in [-0.1, -0.05) is 25.7 Å². The van der Waals surface area contributed by atoms with Gasteiger partial charge < -0.3 is 19.9 Å². The molecular formula is C13H21NO4. The van der Waals surface area contributed by atoms with Gasteiger partial charge in [-0.05, 0) is 12.8 Å². The van der Waals surface area contributed by atoms with Crippen LogP contribution in [0.3, 0.4) is 0 Å². The summed E-state index contributed by atoms with van der Waals surface area (Å²) >= 11 is 0. The molecule has 102 valence electrons.